The molecule has 9 nitrogen and oxygen atoms in total. The van der Waals surface area contributed by atoms with Crippen LogP contribution in [-0.4, -0.2) is 34.7 Å². The molecule has 0 aliphatic carbocycles. The van der Waals surface area contributed by atoms with Crippen LogP contribution in [0.3, 0.4) is 0 Å². The third kappa shape index (κ3) is 4.30. The molecule has 3 rings (SSSR count). The molecular formula is C20H25ClN4O5. The van der Waals surface area contributed by atoms with Gasteiger partial charge in [0.1, 0.15) is 11.4 Å². The number of nitrogens with two attached hydrogens (primary N) is 1. The second kappa shape index (κ2) is 8.83. The number of benzene rings is 1. The maximum absolute atomic E-state index is 12.8. The molecule has 0 radical (unpaired) electrons. The molecule has 3 N–H and O–H groups in total. The van der Waals surface area contributed by atoms with E-state index in [-0.39, 0.29) is 23.8 Å². The van der Waals surface area contributed by atoms with Gasteiger partial charge in [-0.05, 0) is 5.92 Å². The first-order chi connectivity index (χ1) is 14.2. The number of aromatic nitrogens is 2. The summed E-state index contributed by atoms with van der Waals surface area (Å²) in [5.41, 5.74) is 5.00. The molecule has 1 aliphatic rings. The van der Waals surface area contributed by atoms with E-state index in [2.05, 4.69) is 5.32 Å². The standard InChI is InChI=1S/C20H25ClN4O5/c1-11(2)10-25-18(22)17(19(27)24(3)20(25)28)14(26)9-23-13-8-16-15(7-12(13)21)29-5-4-6-30-16/h7-8,11,23H,4-6,9-10,22H2,1-3H3. The second-order valence-corrected chi connectivity index (χ2v) is 7.92. The van der Waals surface area contributed by atoms with Crippen molar-refractivity contribution in [2.45, 2.75) is 26.8 Å². The predicted octanol–water partition coefficient (Wildman–Crippen LogP) is 1.89. The van der Waals surface area contributed by atoms with E-state index in [1.807, 2.05) is 13.8 Å². The molecule has 10 heteroatoms. The van der Waals surface area contributed by atoms with E-state index < -0.39 is 17.0 Å². The smallest absolute Gasteiger partial charge is 0.332 e. The van der Waals surface area contributed by atoms with Gasteiger partial charge in [-0.1, -0.05) is 25.4 Å². The second-order valence-electron chi connectivity index (χ2n) is 7.52. The molecule has 0 saturated carbocycles. The number of anilines is 2. The Balaban J connectivity index is 1.89. The molecule has 1 aromatic heterocycles. The van der Waals surface area contributed by atoms with Gasteiger partial charge in [0.15, 0.2) is 17.3 Å². The summed E-state index contributed by atoms with van der Waals surface area (Å²) in [6.45, 7) is 4.91. The minimum Gasteiger partial charge on any atom is -0.490 e. The summed E-state index contributed by atoms with van der Waals surface area (Å²) in [5.74, 6) is 0.479. The van der Waals surface area contributed by atoms with Crippen LogP contribution >= 0.6 is 11.6 Å². The molecule has 162 valence electrons. The Morgan fingerprint density at radius 1 is 1.23 bits per heavy atom. The number of rotatable bonds is 6. The number of carbonyl (C=O) groups is 1. The van der Waals surface area contributed by atoms with Gasteiger partial charge < -0.3 is 20.5 Å². The van der Waals surface area contributed by atoms with Gasteiger partial charge in [0, 0.05) is 32.1 Å². The normalized spacial score (nSPS) is 13.2. The van der Waals surface area contributed by atoms with Gasteiger partial charge in [-0.15, -0.1) is 0 Å². The average molecular weight is 437 g/mol. The zero-order valence-corrected chi connectivity index (χ0v) is 17.9. The Kier molecular flexibility index (Phi) is 6.40. The van der Waals surface area contributed by atoms with Crippen LogP contribution in [0.4, 0.5) is 11.5 Å². The zero-order valence-electron chi connectivity index (χ0n) is 17.2. The Morgan fingerprint density at radius 2 is 1.87 bits per heavy atom. The lowest BCUT2D eigenvalue weighted by molar-refractivity contribution is 0.100. The maximum Gasteiger partial charge on any atom is 0.332 e. The van der Waals surface area contributed by atoms with E-state index in [4.69, 9.17) is 26.8 Å². The maximum atomic E-state index is 12.8. The van der Waals surface area contributed by atoms with Crippen molar-refractivity contribution >= 4 is 28.9 Å². The number of Topliss-reactive ketones (excluding diaryl/α,β-unsaturated/α-hetero) is 1. The van der Waals surface area contributed by atoms with Gasteiger partial charge in [-0.2, -0.15) is 0 Å². The number of hydrogen-bond donors (Lipinski definition) is 2. The highest BCUT2D eigenvalue weighted by Gasteiger charge is 2.22. The van der Waals surface area contributed by atoms with E-state index in [1.54, 1.807) is 12.1 Å². The molecule has 0 fully saturated rings. The number of nitrogens with one attached hydrogen (secondary N) is 1. The minimum atomic E-state index is -0.728. The SMILES string of the molecule is CC(C)Cn1c(N)c(C(=O)CNc2cc3c(cc2Cl)OCCCO3)c(=O)n(C)c1=O. The summed E-state index contributed by atoms with van der Waals surface area (Å²) in [6, 6.07) is 3.27. The molecule has 1 aromatic carbocycles. The van der Waals surface area contributed by atoms with E-state index in [0.717, 1.165) is 11.0 Å². The van der Waals surface area contributed by atoms with Gasteiger partial charge in [0.2, 0.25) is 0 Å². The quantitative estimate of drug-likeness (QED) is 0.664. The van der Waals surface area contributed by atoms with Crippen LogP contribution in [0, 0.1) is 5.92 Å². The number of nitrogens with zero attached hydrogens (tertiary/aromatic N) is 2. The molecule has 0 spiro atoms. The van der Waals surface area contributed by atoms with Crippen molar-refractivity contribution in [3.8, 4) is 11.5 Å². The number of ketones is 1. The first kappa shape index (κ1) is 21.8. The van der Waals surface area contributed by atoms with Crippen LogP contribution in [0.15, 0.2) is 21.7 Å². The lowest BCUT2D eigenvalue weighted by Crippen LogP contribution is -2.43. The number of carbonyl (C=O) groups excluding carboxylic acids is 1. The van der Waals surface area contributed by atoms with Crippen molar-refractivity contribution < 1.29 is 14.3 Å². The molecule has 30 heavy (non-hydrogen) atoms. The van der Waals surface area contributed by atoms with Crippen molar-refractivity contribution in [3.63, 3.8) is 0 Å². The van der Waals surface area contributed by atoms with E-state index in [0.29, 0.717) is 42.0 Å². The zero-order chi connectivity index (χ0) is 22.0. The number of hydrogen-bond acceptors (Lipinski definition) is 7. The van der Waals surface area contributed by atoms with Crippen molar-refractivity contribution in [3.05, 3.63) is 43.6 Å². The Morgan fingerprint density at radius 3 is 2.50 bits per heavy atom. The van der Waals surface area contributed by atoms with Crippen LogP contribution in [0.25, 0.3) is 0 Å². The van der Waals surface area contributed by atoms with Crippen LogP contribution in [-0.2, 0) is 13.6 Å². The highest BCUT2D eigenvalue weighted by molar-refractivity contribution is 6.33. The van der Waals surface area contributed by atoms with E-state index in [9.17, 15) is 14.4 Å². The molecule has 0 saturated heterocycles. The van der Waals surface area contributed by atoms with Gasteiger partial charge in [0.05, 0.1) is 30.5 Å². The van der Waals surface area contributed by atoms with Gasteiger partial charge in [0.25, 0.3) is 5.56 Å². The van der Waals surface area contributed by atoms with Crippen LogP contribution in [0.2, 0.25) is 5.02 Å². The number of halogens is 1. The first-order valence-corrected chi connectivity index (χ1v) is 10.0. The molecule has 2 heterocycles. The Hall–Kier alpha value is -2.94. The van der Waals surface area contributed by atoms with E-state index >= 15 is 0 Å². The largest absolute Gasteiger partial charge is 0.490 e. The minimum absolute atomic E-state index is 0.101. The molecule has 0 atom stereocenters. The Labute approximate surface area is 178 Å². The Bertz CT molecular complexity index is 1090. The van der Waals surface area contributed by atoms with Crippen molar-refractivity contribution in [2.75, 3.05) is 30.8 Å². The lowest BCUT2D eigenvalue weighted by atomic mass is 10.1. The molecular weight excluding hydrogens is 412 g/mol. The highest BCUT2D eigenvalue weighted by atomic mass is 35.5. The molecule has 0 unspecified atom stereocenters. The monoisotopic (exact) mass is 436 g/mol. The summed E-state index contributed by atoms with van der Waals surface area (Å²) in [7, 11) is 1.33. The summed E-state index contributed by atoms with van der Waals surface area (Å²) in [6.07, 6.45) is 0.752. The van der Waals surface area contributed by atoms with Gasteiger partial charge in [-0.25, -0.2) is 4.79 Å². The molecule has 2 aromatic rings. The third-order valence-corrected chi connectivity index (χ3v) is 5.00. The third-order valence-electron chi connectivity index (χ3n) is 4.69. The predicted molar refractivity (Wildman–Crippen MR) is 115 cm³/mol. The number of ether oxygens (including phenoxy) is 2. The fourth-order valence-corrected chi connectivity index (χ4v) is 3.39. The van der Waals surface area contributed by atoms with E-state index in [1.165, 1.54) is 11.6 Å². The van der Waals surface area contributed by atoms with Gasteiger partial charge >= 0.3 is 5.69 Å². The summed E-state index contributed by atoms with van der Waals surface area (Å²) < 4.78 is 13.4. The molecule has 0 bridgehead atoms. The number of fused-ring (bicyclic) bond motifs is 1. The fraction of sp³-hybridized carbons (Fsp3) is 0.450. The first-order valence-electron chi connectivity index (χ1n) is 9.66. The van der Waals surface area contributed by atoms with Crippen LogP contribution < -0.4 is 31.8 Å². The van der Waals surface area contributed by atoms with Crippen molar-refractivity contribution in [2.24, 2.45) is 13.0 Å². The van der Waals surface area contributed by atoms with Crippen LogP contribution in [0.5, 0.6) is 11.5 Å². The lowest BCUT2D eigenvalue weighted by Gasteiger charge is -2.17. The van der Waals surface area contributed by atoms with Crippen molar-refractivity contribution in [1.82, 2.24) is 9.13 Å². The summed E-state index contributed by atoms with van der Waals surface area (Å²) >= 11 is 6.29. The molecule has 1 aliphatic heterocycles. The fourth-order valence-electron chi connectivity index (χ4n) is 3.17. The highest BCUT2D eigenvalue weighted by Crippen LogP contribution is 2.37. The topological polar surface area (TPSA) is 118 Å². The summed E-state index contributed by atoms with van der Waals surface area (Å²) in [4.78, 5) is 37.8. The van der Waals surface area contributed by atoms with Gasteiger partial charge in [-0.3, -0.25) is 18.7 Å². The van der Waals surface area contributed by atoms with Crippen LogP contribution in [0.1, 0.15) is 30.6 Å². The number of nitrogen functional groups attached to an aromatic ring is 1. The average Bonchev–Trinajstić information content (AvgIpc) is 2.92. The summed E-state index contributed by atoms with van der Waals surface area (Å²) in [5, 5.41) is 3.27. The molecule has 0 amide bonds. The van der Waals surface area contributed by atoms with Crippen molar-refractivity contribution in [1.29, 1.82) is 0 Å².